The molecule has 0 saturated heterocycles. The van der Waals surface area contributed by atoms with Gasteiger partial charge >= 0.3 is 0 Å². The summed E-state index contributed by atoms with van der Waals surface area (Å²) >= 11 is 0. The summed E-state index contributed by atoms with van der Waals surface area (Å²) in [7, 11) is -3.80. The van der Waals surface area contributed by atoms with E-state index in [-0.39, 0.29) is 11.3 Å². The first-order valence-corrected chi connectivity index (χ1v) is 9.28. The van der Waals surface area contributed by atoms with Crippen molar-refractivity contribution in [1.29, 1.82) is 0 Å². The molecule has 128 valence electrons. The van der Waals surface area contributed by atoms with Crippen LogP contribution in [0.1, 0.15) is 18.0 Å². The zero-order chi connectivity index (χ0) is 17.9. The fourth-order valence-corrected chi connectivity index (χ4v) is 3.96. The Kier molecular flexibility index (Phi) is 4.83. The SMILES string of the molecule is NC(=O)C[C@@H](NS(=O)(=O)c1ccc2ccccc2c1)c1ccccc1. The van der Waals surface area contributed by atoms with Crippen molar-refractivity contribution in [2.45, 2.75) is 17.4 Å². The molecule has 25 heavy (non-hydrogen) atoms. The number of sulfonamides is 1. The average Bonchev–Trinajstić information content (AvgIpc) is 2.61. The van der Waals surface area contributed by atoms with E-state index in [1.54, 1.807) is 42.5 Å². The molecule has 0 saturated carbocycles. The molecule has 0 spiro atoms. The summed E-state index contributed by atoms with van der Waals surface area (Å²) in [5, 5.41) is 1.79. The molecule has 3 N–H and O–H groups in total. The highest BCUT2D eigenvalue weighted by molar-refractivity contribution is 7.89. The minimum Gasteiger partial charge on any atom is -0.370 e. The van der Waals surface area contributed by atoms with Crippen molar-refractivity contribution in [2.24, 2.45) is 5.73 Å². The van der Waals surface area contributed by atoms with Gasteiger partial charge in [-0.15, -0.1) is 0 Å². The molecule has 1 atom stereocenters. The maximum absolute atomic E-state index is 12.8. The molecule has 3 rings (SSSR count). The number of carbonyl (C=O) groups is 1. The monoisotopic (exact) mass is 354 g/mol. The minimum atomic E-state index is -3.80. The van der Waals surface area contributed by atoms with Crippen LogP contribution in [-0.2, 0) is 14.8 Å². The second-order valence-electron chi connectivity index (χ2n) is 5.76. The van der Waals surface area contributed by atoms with E-state index >= 15 is 0 Å². The van der Waals surface area contributed by atoms with Crippen LogP contribution in [0.15, 0.2) is 77.7 Å². The van der Waals surface area contributed by atoms with Gasteiger partial charge in [-0.05, 0) is 28.5 Å². The molecule has 0 unspecified atom stereocenters. The van der Waals surface area contributed by atoms with E-state index in [1.165, 1.54) is 0 Å². The largest absolute Gasteiger partial charge is 0.370 e. The number of hydrogen-bond donors (Lipinski definition) is 2. The molecule has 0 aliphatic rings. The Bertz CT molecular complexity index is 1000. The molecular weight excluding hydrogens is 336 g/mol. The second-order valence-corrected chi connectivity index (χ2v) is 7.48. The first-order chi connectivity index (χ1) is 12.0. The van der Waals surface area contributed by atoms with E-state index in [0.29, 0.717) is 5.56 Å². The Labute approximate surface area is 146 Å². The molecule has 0 fully saturated rings. The van der Waals surface area contributed by atoms with E-state index in [9.17, 15) is 13.2 Å². The Morgan fingerprint density at radius 1 is 0.920 bits per heavy atom. The third-order valence-electron chi connectivity index (χ3n) is 3.94. The molecule has 0 aliphatic heterocycles. The minimum absolute atomic E-state index is 0.114. The van der Waals surface area contributed by atoms with Gasteiger partial charge < -0.3 is 5.73 Å². The van der Waals surface area contributed by atoms with Crippen molar-refractivity contribution in [1.82, 2.24) is 4.72 Å². The van der Waals surface area contributed by atoms with Gasteiger partial charge in [-0.25, -0.2) is 13.1 Å². The lowest BCUT2D eigenvalue weighted by Gasteiger charge is -2.18. The number of rotatable bonds is 6. The fourth-order valence-electron chi connectivity index (χ4n) is 2.70. The molecule has 0 aromatic heterocycles. The van der Waals surface area contributed by atoms with Crippen LogP contribution in [0, 0.1) is 0 Å². The second kappa shape index (κ2) is 7.04. The average molecular weight is 354 g/mol. The smallest absolute Gasteiger partial charge is 0.241 e. The predicted molar refractivity (Wildman–Crippen MR) is 97.3 cm³/mol. The summed E-state index contributed by atoms with van der Waals surface area (Å²) < 4.78 is 28.1. The van der Waals surface area contributed by atoms with Crippen molar-refractivity contribution in [3.8, 4) is 0 Å². The lowest BCUT2D eigenvalue weighted by molar-refractivity contribution is -0.118. The molecule has 5 nitrogen and oxygen atoms in total. The normalized spacial score (nSPS) is 12.8. The van der Waals surface area contributed by atoms with Crippen LogP contribution < -0.4 is 10.5 Å². The summed E-state index contributed by atoms with van der Waals surface area (Å²) in [6.07, 6.45) is -0.114. The molecule has 0 radical (unpaired) electrons. The molecular formula is C19H18N2O3S. The van der Waals surface area contributed by atoms with Crippen LogP contribution in [0.5, 0.6) is 0 Å². The highest BCUT2D eigenvalue weighted by Crippen LogP contribution is 2.23. The van der Waals surface area contributed by atoms with E-state index in [1.807, 2.05) is 30.3 Å². The summed E-state index contributed by atoms with van der Waals surface area (Å²) in [6.45, 7) is 0. The highest BCUT2D eigenvalue weighted by atomic mass is 32.2. The molecule has 3 aromatic rings. The van der Waals surface area contributed by atoms with Gasteiger partial charge in [0.05, 0.1) is 10.9 Å². The Hall–Kier alpha value is -2.70. The fraction of sp³-hybridized carbons (Fsp3) is 0.105. The standard InChI is InChI=1S/C19H18N2O3S/c20-19(22)13-18(15-7-2-1-3-8-15)21-25(23,24)17-11-10-14-6-4-5-9-16(14)12-17/h1-12,18,21H,13H2,(H2,20,22)/t18-/m1/s1. The predicted octanol–water partition coefficient (Wildman–Crippen LogP) is 2.73. The summed E-state index contributed by atoms with van der Waals surface area (Å²) in [6, 6.07) is 20.6. The van der Waals surface area contributed by atoms with Gasteiger partial charge in [0.25, 0.3) is 0 Å². The van der Waals surface area contributed by atoms with Crippen LogP contribution >= 0.6 is 0 Å². The molecule has 3 aromatic carbocycles. The van der Waals surface area contributed by atoms with Gasteiger partial charge in [-0.1, -0.05) is 60.7 Å². The molecule has 0 bridgehead atoms. The molecule has 0 aliphatic carbocycles. The number of nitrogens with two attached hydrogens (primary N) is 1. The third-order valence-corrected chi connectivity index (χ3v) is 5.41. The summed E-state index contributed by atoms with van der Waals surface area (Å²) in [4.78, 5) is 11.5. The molecule has 0 heterocycles. The summed E-state index contributed by atoms with van der Waals surface area (Å²) in [5.74, 6) is -0.574. The van der Waals surface area contributed by atoms with E-state index in [2.05, 4.69) is 4.72 Å². The van der Waals surface area contributed by atoms with Crippen molar-refractivity contribution in [2.75, 3.05) is 0 Å². The Balaban J connectivity index is 1.95. The Morgan fingerprint density at radius 2 is 1.56 bits per heavy atom. The van der Waals surface area contributed by atoms with E-state index < -0.39 is 22.0 Å². The Morgan fingerprint density at radius 3 is 2.24 bits per heavy atom. The highest BCUT2D eigenvalue weighted by Gasteiger charge is 2.23. The van der Waals surface area contributed by atoms with Gasteiger partial charge in [-0.3, -0.25) is 4.79 Å². The lowest BCUT2D eigenvalue weighted by atomic mass is 10.1. The topological polar surface area (TPSA) is 89.3 Å². The maximum atomic E-state index is 12.8. The number of fused-ring (bicyclic) bond motifs is 1. The number of primary amides is 1. The van der Waals surface area contributed by atoms with Crippen LogP contribution in [0.4, 0.5) is 0 Å². The van der Waals surface area contributed by atoms with Crippen LogP contribution in [0.3, 0.4) is 0 Å². The third kappa shape index (κ3) is 4.04. The van der Waals surface area contributed by atoms with Crippen LogP contribution in [0.2, 0.25) is 0 Å². The number of amides is 1. The maximum Gasteiger partial charge on any atom is 0.241 e. The molecule has 6 heteroatoms. The van der Waals surface area contributed by atoms with Gasteiger partial charge in [0.2, 0.25) is 15.9 Å². The van der Waals surface area contributed by atoms with Gasteiger partial charge in [-0.2, -0.15) is 0 Å². The summed E-state index contributed by atoms with van der Waals surface area (Å²) in [5.41, 5.74) is 5.97. The van der Waals surface area contributed by atoms with Gasteiger partial charge in [0.1, 0.15) is 0 Å². The van der Waals surface area contributed by atoms with Crippen molar-refractivity contribution >= 4 is 26.7 Å². The first kappa shape index (κ1) is 17.1. The zero-order valence-electron chi connectivity index (χ0n) is 13.4. The van der Waals surface area contributed by atoms with Crippen molar-refractivity contribution < 1.29 is 13.2 Å². The van der Waals surface area contributed by atoms with Crippen molar-refractivity contribution in [3.05, 3.63) is 78.4 Å². The van der Waals surface area contributed by atoms with E-state index in [0.717, 1.165) is 10.8 Å². The van der Waals surface area contributed by atoms with Crippen LogP contribution in [-0.4, -0.2) is 14.3 Å². The number of carbonyl (C=O) groups excluding carboxylic acids is 1. The zero-order valence-corrected chi connectivity index (χ0v) is 14.2. The van der Waals surface area contributed by atoms with E-state index in [4.69, 9.17) is 5.73 Å². The number of hydrogen-bond acceptors (Lipinski definition) is 3. The van der Waals surface area contributed by atoms with Gasteiger partial charge in [0, 0.05) is 6.42 Å². The quantitative estimate of drug-likeness (QED) is 0.713. The molecule has 1 amide bonds. The number of benzene rings is 3. The van der Waals surface area contributed by atoms with Crippen LogP contribution in [0.25, 0.3) is 10.8 Å². The lowest BCUT2D eigenvalue weighted by Crippen LogP contribution is -2.31. The van der Waals surface area contributed by atoms with Gasteiger partial charge in [0.15, 0.2) is 0 Å². The number of nitrogens with one attached hydrogen (secondary N) is 1. The first-order valence-electron chi connectivity index (χ1n) is 7.80. The van der Waals surface area contributed by atoms with Crippen molar-refractivity contribution in [3.63, 3.8) is 0 Å².